The fourth-order valence-corrected chi connectivity index (χ4v) is 5.07. The minimum absolute atomic E-state index is 0.0412. The number of aliphatic carboxylic acids is 1. The summed E-state index contributed by atoms with van der Waals surface area (Å²) in [6, 6.07) is 15.8. The van der Waals surface area contributed by atoms with Gasteiger partial charge in [-0.05, 0) is 60.9 Å². The van der Waals surface area contributed by atoms with Gasteiger partial charge in [0.15, 0.2) is 6.61 Å². The Kier molecular flexibility index (Phi) is 7.98. The summed E-state index contributed by atoms with van der Waals surface area (Å²) in [7, 11) is 0. The zero-order valence-electron chi connectivity index (χ0n) is 19.4. The van der Waals surface area contributed by atoms with Gasteiger partial charge in [0.05, 0.1) is 17.2 Å². The molecule has 3 aromatic rings. The second-order valence-corrected chi connectivity index (χ2v) is 9.71. The van der Waals surface area contributed by atoms with Crippen molar-refractivity contribution in [3.8, 4) is 5.75 Å². The van der Waals surface area contributed by atoms with E-state index in [1.165, 1.54) is 18.2 Å². The van der Waals surface area contributed by atoms with Crippen LogP contribution in [0.4, 0.5) is 8.78 Å². The first-order chi connectivity index (χ1) is 17.1. The Labute approximate surface area is 218 Å². The van der Waals surface area contributed by atoms with Gasteiger partial charge in [-0.3, -0.25) is 0 Å². The molecule has 1 aliphatic heterocycles. The average molecular weight is 533 g/mol. The fraction of sp³-hybridized carbons (Fsp3) is 0.250. The number of ether oxygens (including phenoxy) is 2. The Morgan fingerprint density at radius 3 is 2.28 bits per heavy atom. The summed E-state index contributed by atoms with van der Waals surface area (Å²) in [5, 5.41) is 9.66. The molecule has 36 heavy (non-hydrogen) atoms. The smallest absolute Gasteiger partial charge is 0.341 e. The molecule has 1 aliphatic rings. The molecule has 4 rings (SSSR count). The van der Waals surface area contributed by atoms with Crippen molar-refractivity contribution < 1.29 is 28.2 Å². The minimum Gasteiger partial charge on any atom is -0.480 e. The second-order valence-electron chi connectivity index (χ2n) is 8.86. The molecule has 0 bridgehead atoms. The van der Waals surface area contributed by atoms with Crippen molar-refractivity contribution >= 4 is 29.2 Å². The molecule has 0 spiro atoms. The summed E-state index contributed by atoms with van der Waals surface area (Å²) in [5.41, 5.74) is 2.78. The highest BCUT2D eigenvalue weighted by molar-refractivity contribution is 6.32. The van der Waals surface area contributed by atoms with Crippen LogP contribution in [-0.2, 0) is 9.53 Å². The predicted molar refractivity (Wildman–Crippen MR) is 135 cm³/mol. The summed E-state index contributed by atoms with van der Waals surface area (Å²) < 4.78 is 40.4. The van der Waals surface area contributed by atoms with Crippen LogP contribution in [0.5, 0.6) is 5.75 Å². The van der Waals surface area contributed by atoms with Gasteiger partial charge in [-0.1, -0.05) is 59.6 Å². The van der Waals surface area contributed by atoms with E-state index >= 15 is 0 Å². The molecular weight excluding hydrogens is 509 g/mol. The van der Waals surface area contributed by atoms with Gasteiger partial charge in [0, 0.05) is 22.4 Å². The Bertz CT molecular complexity index is 1260. The van der Waals surface area contributed by atoms with Crippen LogP contribution >= 0.6 is 23.2 Å². The number of hydrogen-bond donors (Lipinski definition) is 1. The summed E-state index contributed by atoms with van der Waals surface area (Å²) in [5.74, 6) is -2.59. The molecule has 0 aromatic heterocycles. The number of rotatable bonds is 7. The topological polar surface area (TPSA) is 55.8 Å². The molecule has 0 saturated carbocycles. The Morgan fingerprint density at radius 2 is 1.67 bits per heavy atom. The van der Waals surface area contributed by atoms with E-state index in [9.17, 15) is 13.6 Å². The van der Waals surface area contributed by atoms with E-state index < -0.39 is 30.6 Å². The van der Waals surface area contributed by atoms with Crippen LogP contribution in [0.25, 0.3) is 0 Å². The SMILES string of the molecule is C=C(C)[C@H]1C[C@H](c2ccc(Cl)cc2)[C@H](c2ccc(F)cc2)O[C@@H]1c1cc(F)cc(Cl)c1OCC(=O)O. The van der Waals surface area contributed by atoms with E-state index in [0.717, 1.165) is 22.8 Å². The number of carboxylic acids is 1. The third-order valence-corrected chi connectivity index (χ3v) is 6.88. The quantitative estimate of drug-likeness (QED) is 0.314. The Balaban J connectivity index is 1.83. The molecule has 0 amide bonds. The van der Waals surface area contributed by atoms with Crippen LogP contribution < -0.4 is 4.74 Å². The molecule has 4 atom stereocenters. The van der Waals surface area contributed by atoms with Gasteiger partial charge < -0.3 is 14.6 Å². The molecule has 1 saturated heterocycles. The van der Waals surface area contributed by atoms with Crippen LogP contribution in [0.1, 0.15) is 48.2 Å². The third kappa shape index (κ3) is 5.72. The summed E-state index contributed by atoms with van der Waals surface area (Å²) in [6.07, 6.45) is -0.726. The number of carboxylic acid groups (broad SMARTS) is 1. The highest BCUT2D eigenvalue weighted by atomic mass is 35.5. The van der Waals surface area contributed by atoms with Crippen molar-refractivity contribution in [3.63, 3.8) is 0 Å². The third-order valence-electron chi connectivity index (χ3n) is 6.35. The van der Waals surface area contributed by atoms with Crippen molar-refractivity contribution in [2.24, 2.45) is 5.92 Å². The van der Waals surface area contributed by atoms with Gasteiger partial charge in [-0.15, -0.1) is 0 Å². The lowest BCUT2D eigenvalue weighted by molar-refractivity contribution is -0.139. The van der Waals surface area contributed by atoms with Crippen molar-refractivity contribution in [1.82, 2.24) is 0 Å². The standard InChI is InChI=1S/C28H24Cl2F2O4/c1-15(2)21-13-22(16-3-7-18(29)8-4-16)26(17-5-9-19(31)10-6-17)36-27(21)23-11-20(32)12-24(30)28(23)35-14-25(33)34/h3-12,21-22,26-27H,1,13-14H2,2H3,(H,33,34)/t21-,22-,26+,27+/m1/s1. The van der Waals surface area contributed by atoms with E-state index in [4.69, 9.17) is 37.8 Å². The summed E-state index contributed by atoms with van der Waals surface area (Å²) in [4.78, 5) is 11.2. The van der Waals surface area contributed by atoms with Gasteiger partial charge >= 0.3 is 5.97 Å². The maximum atomic E-state index is 14.5. The summed E-state index contributed by atoms with van der Waals surface area (Å²) >= 11 is 12.4. The number of benzene rings is 3. The molecule has 1 N–H and O–H groups in total. The maximum Gasteiger partial charge on any atom is 0.341 e. The number of carbonyl (C=O) groups is 1. The first-order valence-corrected chi connectivity index (χ1v) is 12.0. The first kappa shape index (κ1) is 26.1. The highest BCUT2D eigenvalue weighted by Crippen LogP contribution is 2.54. The van der Waals surface area contributed by atoms with Crippen LogP contribution in [0.3, 0.4) is 0 Å². The van der Waals surface area contributed by atoms with E-state index in [2.05, 4.69) is 6.58 Å². The molecule has 3 aromatic carbocycles. The van der Waals surface area contributed by atoms with Crippen molar-refractivity contribution in [1.29, 1.82) is 0 Å². The molecular formula is C28H24Cl2F2O4. The molecule has 1 heterocycles. The maximum absolute atomic E-state index is 14.5. The van der Waals surface area contributed by atoms with Crippen LogP contribution in [0.15, 0.2) is 72.8 Å². The average Bonchev–Trinajstić information content (AvgIpc) is 2.83. The van der Waals surface area contributed by atoms with Crippen molar-refractivity contribution in [2.75, 3.05) is 6.61 Å². The zero-order valence-corrected chi connectivity index (χ0v) is 20.9. The minimum atomic E-state index is -1.20. The van der Waals surface area contributed by atoms with Gasteiger partial charge in [-0.2, -0.15) is 0 Å². The summed E-state index contributed by atoms with van der Waals surface area (Å²) in [6.45, 7) is 5.35. The molecule has 4 nitrogen and oxygen atoms in total. The van der Waals surface area contributed by atoms with Gasteiger partial charge in [0.25, 0.3) is 0 Å². The lowest BCUT2D eigenvalue weighted by Gasteiger charge is -2.43. The van der Waals surface area contributed by atoms with E-state index in [0.29, 0.717) is 11.4 Å². The van der Waals surface area contributed by atoms with Crippen LogP contribution in [0, 0.1) is 17.6 Å². The molecule has 188 valence electrons. The van der Waals surface area contributed by atoms with Gasteiger partial charge in [0.1, 0.15) is 17.4 Å². The van der Waals surface area contributed by atoms with Crippen LogP contribution in [0.2, 0.25) is 10.0 Å². The molecule has 1 fully saturated rings. The number of halogens is 4. The largest absolute Gasteiger partial charge is 0.480 e. The van der Waals surface area contributed by atoms with Crippen LogP contribution in [-0.4, -0.2) is 17.7 Å². The predicted octanol–water partition coefficient (Wildman–Crippen LogP) is 7.91. The normalized spacial score (nSPS) is 21.7. The molecule has 0 radical (unpaired) electrons. The van der Waals surface area contributed by atoms with Crippen molar-refractivity contribution in [2.45, 2.75) is 31.5 Å². The van der Waals surface area contributed by atoms with Gasteiger partial charge in [-0.25, -0.2) is 13.6 Å². The lowest BCUT2D eigenvalue weighted by atomic mass is 9.74. The number of hydrogen-bond acceptors (Lipinski definition) is 3. The fourth-order valence-electron chi connectivity index (χ4n) is 4.68. The monoisotopic (exact) mass is 532 g/mol. The van der Waals surface area contributed by atoms with Gasteiger partial charge in [0.2, 0.25) is 0 Å². The van der Waals surface area contributed by atoms with E-state index in [-0.39, 0.29) is 34.0 Å². The van der Waals surface area contributed by atoms with E-state index in [1.54, 1.807) is 24.3 Å². The van der Waals surface area contributed by atoms with E-state index in [1.807, 2.05) is 19.1 Å². The Hall–Kier alpha value is -2.93. The lowest BCUT2D eigenvalue weighted by Crippen LogP contribution is -2.32. The molecule has 0 unspecified atom stereocenters. The van der Waals surface area contributed by atoms with Crippen molar-refractivity contribution in [3.05, 3.63) is 111 Å². The second kappa shape index (κ2) is 11.0. The zero-order chi connectivity index (χ0) is 26.0. The molecule has 8 heteroatoms. The Morgan fingerprint density at radius 1 is 1.03 bits per heavy atom. The molecule has 0 aliphatic carbocycles. The highest BCUT2D eigenvalue weighted by Gasteiger charge is 2.42. The first-order valence-electron chi connectivity index (χ1n) is 11.3.